The van der Waals surface area contributed by atoms with Crippen LogP contribution in [0.4, 0.5) is 5.69 Å². The van der Waals surface area contributed by atoms with Gasteiger partial charge >= 0.3 is 0 Å². The normalized spacial score (nSPS) is 16.3. The molecule has 0 saturated carbocycles. The number of amides is 1. The van der Waals surface area contributed by atoms with Crippen LogP contribution in [0.3, 0.4) is 0 Å². The summed E-state index contributed by atoms with van der Waals surface area (Å²) in [7, 11) is 0. The number of phenolic OH excluding ortho intramolecular Hbond substituents is 1. The third-order valence-corrected chi connectivity index (χ3v) is 3.12. The molecule has 0 spiro atoms. The molecular formula is C14H18N2O2. The molecular weight excluding hydrogens is 228 g/mol. The standard InChI is InChI=1S/C14H18N2O2/c1-2-5-14(18)16-10-8-15(9-11-16)12-6-3-4-7-13(12)17/h2-7,17H,8-11H2,1H3/b5-2-. The number of anilines is 1. The van der Waals surface area contributed by atoms with Gasteiger partial charge in [-0.15, -0.1) is 0 Å². The van der Waals surface area contributed by atoms with Crippen LogP contribution in [0.15, 0.2) is 36.4 Å². The first-order valence-corrected chi connectivity index (χ1v) is 6.17. The number of aromatic hydroxyl groups is 1. The van der Waals surface area contributed by atoms with Crippen molar-refractivity contribution in [3.05, 3.63) is 36.4 Å². The van der Waals surface area contributed by atoms with E-state index >= 15 is 0 Å². The molecule has 4 nitrogen and oxygen atoms in total. The number of para-hydroxylation sites is 2. The molecule has 4 heteroatoms. The summed E-state index contributed by atoms with van der Waals surface area (Å²) in [5.74, 6) is 0.361. The fourth-order valence-corrected chi connectivity index (χ4v) is 2.15. The Labute approximate surface area is 107 Å². The highest BCUT2D eigenvalue weighted by Gasteiger charge is 2.20. The monoisotopic (exact) mass is 246 g/mol. The van der Waals surface area contributed by atoms with Crippen molar-refractivity contribution in [1.82, 2.24) is 4.90 Å². The number of phenols is 1. The summed E-state index contributed by atoms with van der Waals surface area (Å²) in [5.41, 5.74) is 0.843. The minimum absolute atomic E-state index is 0.0643. The Morgan fingerprint density at radius 2 is 1.89 bits per heavy atom. The van der Waals surface area contributed by atoms with Crippen LogP contribution in [0, 0.1) is 0 Å². The number of nitrogens with zero attached hydrogens (tertiary/aromatic N) is 2. The lowest BCUT2D eigenvalue weighted by molar-refractivity contribution is -0.126. The summed E-state index contributed by atoms with van der Waals surface area (Å²) in [6, 6.07) is 7.31. The number of carbonyl (C=O) groups is 1. The molecule has 0 bridgehead atoms. The topological polar surface area (TPSA) is 43.8 Å². The van der Waals surface area contributed by atoms with E-state index in [0.717, 1.165) is 18.8 Å². The van der Waals surface area contributed by atoms with Crippen LogP contribution in [0.5, 0.6) is 5.75 Å². The summed E-state index contributed by atoms with van der Waals surface area (Å²) >= 11 is 0. The third kappa shape index (κ3) is 2.64. The van der Waals surface area contributed by atoms with E-state index in [4.69, 9.17) is 0 Å². The van der Waals surface area contributed by atoms with E-state index < -0.39 is 0 Å². The molecule has 1 aromatic carbocycles. The van der Waals surface area contributed by atoms with E-state index in [1.807, 2.05) is 30.0 Å². The van der Waals surface area contributed by atoms with Crippen molar-refractivity contribution in [3.63, 3.8) is 0 Å². The Hall–Kier alpha value is -1.97. The lowest BCUT2D eigenvalue weighted by Gasteiger charge is -2.35. The fourth-order valence-electron chi connectivity index (χ4n) is 2.15. The number of rotatable bonds is 2. The molecule has 0 aliphatic carbocycles. The molecule has 1 heterocycles. The van der Waals surface area contributed by atoms with Crippen molar-refractivity contribution in [1.29, 1.82) is 0 Å². The molecule has 1 aliphatic heterocycles. The molecule has 96 valence electrons. The van der Waals surface area contributed by atoms with Crippen LogP contribution in [0.2, 0.25) is 0 Å². The molecule has 0 unspecified atom stereocenters. The number of allylic oxidation sites excluding steroid dienone is 1. The van der Waals surface area contributed by atoms with E-state index in [0.29, 0.717) is 18.8 Å². The number of carbonyl (C=O) groups excluding carboxylic acids is 1. The Bertz CT molecular complexity index is 449. The zero-order chi connectivity index (χ0) is 13.0. The van der Waals surface area contributed by atoms with Gasteiger partial charge in [0.1, 0.15) is 5.75 Å². The van der Waals surface area contributed by atoms with Gasteiger partial charge in [0, 0.05) is 26.2 Å². The molecule has 1 saturated heterocycles. The quantitative estimate of drug-likeness (QED) is 0.806. The summed E-state index contributed by atoms with van der Waals surface area (Å²) in [5, 5.41) is 9.79. The highest BCUT2D eigenvalue weighted by molar-refractivity contribution is 5.87. The molecule has 1 N–H and O–H groups in total. The highest BCUT2D eigenvalue weighted by atomic mass is 16.3. The van der Waals surface area contributed by atoms with Gasteiger partial charge in [-0.25, -0.2) is 0 Å². The number of hydrogen-bond donors (Lipinski definition) is 1. The van der Waals surface area contributed by atoms with Gasteiger partial charge in [0.05, 0.1) is 5.69 Å². The largest absolute Gasteiger partial charge is 0.506 e. The van der Waals surface area contributed by atoms with Crippen LogP contribution >= 0.6 is 0 Å². The highest BCUT2D eigenvalue weighted by Crippen LogP contribution is 2.27. The Balaban J connectivity index is 1.99. The van der Waals surface area contributed by atoms with Gasteiger partial charge in [-0.1, -0.05) is 18.2 Å². The van der Waals surface area contributed by atoms with Gasteiger partial charge < -0.3 is 14.9 Å². The smallest absolute Gasteiger partial charge is 0.246 e. The minimum Gasteiger partial charge on any atom is -0.506 e. The molecule has 1 amide bonds. The van der Waals surface area contributed by atoms with Crippen molar-refractivity contribution >= 4 is 11.6 Å². The van der Waals surface area contributed by atoms with Gasteiger partial charge in [-0.2, -0.15) is 0 Å². The molecule has 2 rings (SSSR count). The predicted octanol–water partition coefficient (Wildman–Crippen LogP) is 1.62. The van der Waals surface area contributed by atoms with E-state index in [9.17, 15) is 9.90 Å². The molecule has 1 aromatic rings. The van der Waals surface area contributed by atoms with Crippen molar-refractivity contribution in [2.75, 3.05) is 31.1 Å². The lowest BCUT2D eigenvalue weighted by Crippen LogP contribution is -2.48. The summed E-state index contributed by atoms with van der Waals surface area (Å²) < 4.78 is 0. The van der Waals surface area contributed by atoms with Gasteiger partial charge in [-0.05, 0) is 25.1 Å². The van der Waals surface area contributed by atoms with Crippen LogP contribution in [0.1, 0.15) is 6.92 Å². The fraction of sp³-hybridized carbons (Fsp3) is 0.357. The first-order chi connectivity index (χ1) is 8.72. The van der Waals surface area contributed by atoms with E-state index in [2.05, 4.69) is 4.90 Å². The lowest BCUT2D eigenvalue weighted by atomic mass is 10.2. The molecule has 0 radical (unpaired) electrons. The zero-order valence-corrected chi connectivity index (χ0v) is 10.5. The molecule has 0 aromatic heterocycles. The van der Waals surface area contributed by atoms with Gasteiger partial charge in [0.2, 0.25) is 5.91 Å². The SMILES string of the molecule is C/C=C\C(=O)N1CCN(c2ccccc2O)CC1. The number of benzene rings is 1. The Kier molecular flexibility index (Phi) is 3.87. The Morgan fingerprint density at radius 1 is 1.22 bits per heavy atom. The van der Waals surface area contributed by atoms with Crippen LogP contribution in [-0.2, 0) is 4.79 Å². The van der Waals surface area contributed by atoms with Crippen LogP contribution < -0.4 is 4.90 Å². The second kappa shape index (κ2) is 5.58. The first kappa shape index (κ1) is 12.5. The van der Waals surface area contributed by atoms with E-state index in [1.165, 1.54) is 0 Å². The van der Waals surface area contributed by atoms with Gasteiger partial charge in [-0.3, -0.25) is 4.79 Å². The third-order valence-electron chi connectivity index (χ3n) is 3.12. The maximum Gasteiger partial charge on any atom is 0.246 e. The molecule has 0 atom stereocenters. The second-order valence-corrected chi connectivity index (χ2v) is 4.30. The van der Waals surface area contributed by atoms with Crippen molar-refractivity contribution in [2.45, 2.75) is 6.92 Å². The van der Waals surface area contributed by atoms with Gasteiger partial charge in [0.25, 0.3) is 0 Å². The van der Waals surface area contributed by atoms with Crippen molar-refractivity contribution in [2.24, 2.45) is 0 Å². The van der Waals surface area contributed by atoms with Crippen molar-refractivity contribution in [3.8, 4) is 5.75 Å². The average molecular weight is 246 g/mol. The number of hydrogen-bond acceptors (Lipinski definition) is 3. The van der Waals surface area contributed by atoms with Gasteiger partial charge in [0.15, 0.2) is 0 Å². The summed E-state index contributed by atoms with van der Waals surface area (Å²) in [6.07, 6.45) is 3.35. The molecule has 18 heavy (non-hydrogen) atoms. The van der Waals surface area contributed by atoms with E-state index in [-0.39, 0.29) is 5.91 Å². The second-order valence-electron chi connectivity index (χ2n) is 4.30. The van der Waals surface area contributed by atoms with Crippen LogP contribution in [0.25, 0.3) is 0 Å². The number of piperazine rings is 1. The Morgan fingerprint density at radius 3 is 2.50 bits per heavy atom. The zero-order valence-electron chi connectivity index (χ0n) is 10.5. The summed E-state index contributed by atoms with van der Waals surface area (Å²) in [6.45, 7) is 4.73. The predicted molar refractivity (Wildman–Crippen MR) is 71.7 cm³/mol. The summed E-state index contributed by atoms with van der Waals surface area (Å²) in [4.78, 5) is 15.6. The minimum atomic E-state index is 0.0643. The van der Waals surface area contributed by atoms with Crippen molar-refractivity contribution < 1.29 is 9.90 Å². The van der Waals surface area contributed by atoms with E-state index in [1.54, 1.807) is 18.2 Å². The van der Waals surface area contributed by atoms with Crippen LogP contribution in [-0.4, -0.2) is 42.1 Å². The maximum absolute atomic E-state index is 11.7. The molecule has 1 fully saturated rings. The molecule has 1 aliphatic rings. The maximum atomic E-state index is 11.7. The first-order valence-electron chi connectivity index (χ1n) is 6.17. The average Bonchev–Trinajstić information content (AvgIpc) is 2.40.